The first-order valence-electron chi connectivity index (χ1n) is 5.74. The van der Waals surface area contributed by atoms with Crippen LogP contribution in [-0.2, 0) is 11.2 Å². The molecule has 0 aliphatic rings. The van der Waals surface area contributed by atoms with E-state index in [1.807, 2.05) is 32.9 Å². The monoisotopic (exact) mass is 245 g/mol. The van der Waals surface area contributed by atoms with Crippen LogP contribution in [-0.4, -0.2) is 20.9 Å². The van der Waals surface area contributed by atoms with Gasteiger partial charge < -0.3 is 4.52 Å². The number of pyridine rings is 1. The van der Waals surface area contributed by atoms with Gasteiger partial charge in [-0.1, -0.05) is 32.0 Å². The van der Waals surface area contributed by atoms with Crippen LogP contribution in [0.5, 0.6) is 0 Å². The number of hydrogen-bond donors (Lipinski definition) is 0. The molecule has 0 aliphatic heterocycles. The zero-order valence-corrected chi connectivity index (χ0v) is 10.7. The number of carbonyl (C=O) groups excluding carboxylic acids is 1. The first-order chi connectivity index (χ1) is 8.47. The van der Waals surface area contributed by atoms with Crippen LogP contribution in [0.2, 0.25) is 0 Å². The maximum Gasteiger partial charge on any atom is 0.234 e. The quantitative estimate of drug-likeness (QED) is 0.829. The predicted molar refractivity (Wildman–Crippen MR) is 65.7 cm³/mol. The molecule has 0 saturated heterocycles. The van der Waals surface area contributed by atoms with E-state index in [1.165, 1.54) is 0 Å². The molecule has 2 aromatic heterocycles. The van der Waals surface area contributed by atoms with Crippen molar-refractivity contribution in [2.75, 3.05) is 0 Å². The van der Waals surface area contributed by atoms with E-state index in [-0.39, 0.29) is 12.2 Å². The van der Waals surface area contributed by atoms with Gasteiger partial charge in [-0.2, -0.15) is 4.98 Å². The van der Waals surface area contributed by atoms with Crippen molar-refractivity contribution >= 4 is 5.78 Å². The van der Waals surface area contributed by atoms with Gasteiger partial charge >= 0.3 is 0 Å². The second-order valence-corrected chi connectivity index (χ2v) is 5.08. The Morgan fingerprint density at radius 2 is 2.11 bits per heavy atom. The van der Waals surface area contributed by atoms with Crippen molar-refractivity contribution in [2.45, 2.75) is 27.2 Å². The number of ketones is 1. The summed E-state index contributed by atoms with van der Waals surface area (Å²) in [5.41, 5.74) is 0.232. The van der Waals surface area contributed by atoms with E-state index in [2.05, 4.69) is 15.1 Å². The van der Waals surface area contributed by atoms with Crippen LogP contribution in [0.15, 0.2) is 28.9 Å². The molecule has 0 radical (unpaired) electrons. The summed E-state index contributed by atoms with van der Waals surface area (Å²) in [6, 6.07) is 5.45. The van der Waals surface area contributed by atoms with Crippen LogP contribution in [0.3, 0.4) is 0 Å². The predicted octanol–water partition coefficient (Wildman–Crippen LogP) is 2.29. The molecule has 0 atom stereocenters. The van der Waals surface area contributed by atoms with Gasteiger partial charge in [-0.15, -0.1) is 0 Å². The molecular formula is C13H15N3O2. The molecule has 0 saturated carbocycles. The first kappa shape index (κ1) is 12.4. The minimum atomic E-state index is -0.403. The van der Waals surface area contributed by atoms with Crippen LogP contribution < -0.4 is 0 Å². The number of hydrogen-bond acceptors (Lipinski definition) is 5. The Hall–Kier alpha value is -2.04. The van der Waals surface area contributed by atoms with Gasteiger partial charge in [0, 0.05) is 11.6 Å². The van der Waals surface area contributed by atoms with Crippen molar-refractivity contribution in [3.63, 3.8) is 0 Å². The summed E-state index contributed by atoms with van der Waals surface area (Å²) in [4.78, 5) is 20.1. The van der Waals surface area contributed by atoms with Gasteiger partial charge in [0.1, 0.15) is 11.5 Å². The van der Waals surface area contributed by atoms with Crippen LogP contribution in [0.25, 0.3) is 11.5 Å². The Kier molecular flexibility index (Phi) is 3.23. The van der Waals surface area contributed by atoms with Gasteiger partial charge in [0.05, 0.1) is 6.42 Å². The van der Waals surface area contributed by atoms with Crippen molar-refractivity contribution in [3.8, 4) is 11.5 Å². The van der Waals surface area contributed by atoms with Crippen LogP contribution in [0.4, 0.5) is 0 Å². The van der Waals surface area contributed by atoms with E-state index < -0.39 is 5.41 Å². The summed E-state index contributed by atoms with van der Waals surface area (Å²) < 4.78 is 5.06. The van der Waals surface area contributed by atoms with Crippen molar-refractivity contribution in [1.29, 1.82) is 0 Å². The summed E-state index contributed by atoms with van der Waals surface area (Å²) in [5.74, 6) is 0.807. The molecule has 5 nitrogen and oxygen atoms in total. The highest BCUT2D eigenvalue weighted by atomic mass is 16.5. The molecular weight excluding hydrogens is 230 g/mol. The Morgan fingerprint density at radius 3 is 2.72 bits per heavy atom. The summed E-state index contributed by atoms with van der Waals surface area (Å²) in [6.07, 6.45) is 1.81. The minimum absolute atomic E-state index is 0.0683. The van der Waals surface area contributed by atoms with Crippen molar-refractivity contribution in [3.05, 3.63) is 30.3 Å². The summed E-state index contributed by atoms with van der Waals surface area (Å²) in [5, 5.41) is 3.82. The van der Waals surface area contributed by atoms with E-state index in [4.69, 9.17) is 4.52 Å². The molecule has 5 heteroatoms. The zero-order valence-electron chi connectivity index (χ0n) is 10.7. The molecule has 2 heterocycles. The fraction of sp³-hybridized carbons (Fsp3) is 0.385. The lowest BCUT2D eigenvalue weighted by Gasteiger charge is -2.14. The number of carbonyl (C=O) groups is 1. The smallest absolute Gasteiger partial charge is 0.234 e. The second-order valence-electron chi connectivity index (χ2n) is 5.08. The SMILES string of the molecule is CC(C)(C)C(=O)Cc1nc(-c2ccccn2)no1. The molecule has 94 valence electrons. The molecule has 2 aromatic rings. The van der Waals surface area contributed by atoms with E-state index in [0.717, 1.165) is 0 Å². The molecule has 0 N–H and O–H groups in total. The third-order valence-electron chi connectivity index (χ3n) is 2.51. The Bertz CT molecular complexity index is 541. The highest BCUT2D eigenvalue weighted by Gasteiger charge is 2.23. The minimum Gasteiger partial charge on any atom is -0.338 e. The lowest BCUT2D eigenvalue weighted by atomic mass is 9.89. The molecule has 18 heavy (non-hydrogen) atoms. The molecule has 0 fully saturated rings. The van der Waals surface area contributed by atoms with Gasteiger partial charge in [0.2, 0.25) is 11.7 Å². The summed E-state index contributed by atoms with van der Waals surface area (Å²) >= 11 is 0. The number of Topliss-reactive ketones (excluding diaryl/α,β-unsaturated/α-hetero) is 1. The average molecular weight is 245 g/mol. The fourth-order valence-corrected chi connectivity index (χ4v) is 1.33. The number of rotatable bonds is 3. The third-order valence-corrected chi connectivity index (χ3v) is 2.51. The summed E-state index contributed by atoms with van der Waals surface area (Å²) in [6.45, 7) is 5.60. The summed E-state index contributed by atoms with van der Waals surface area (Å²) in [7, 11) is 0. The second kappa shape index (κ2) is 4.68. The Balaban J connectivity index is 2.15. The van der Waals surface area contributed by atoms with E-state index in [9.17, 15) is 4.79 Å². The number of nitrogens with zero attached hydrogens (tertiary/aromatic N) is 3. The van der Waals surface area contributed by atoms with Crippen molar-refractivity contribution in [2.24, 2.45) is 5.41 Å². The van der Waals surface area contributed by atoms with Crippen LogP contribution in [0.1, 0.15) is 26.7 Å². The van der Waals surface area contributed by atoms with Gasteiger partial charge in [0.25, 0.3) is 0 Å². The highest BCUT2D eigenvalue weighted by molar-refractivity contribution is 5.85. The normalized spacial score (nSPS) is 11.5. The van der Waals surface area contributed by atoms with E-state index in [1.54, 1.807) is 12.3 Å². The van der Waals surface area contributed by atoms with Gasteiger partial charge in [-0.05, 0) is 12.1 Å². The zero-order chi connectivity index (χ0) is 13.2. The topological polar surface area (TPSA) is 68.9 Å². The number of aromatic nitrogens is 3. The largest absolute Gasteiger partial charge is 0.338 e. The van der Waals surface area contributed by atoms with Crippen molar-refractivity contribution < 1.29 is 9.32 Å². The molecule has 2 rings (SSSR count). The van der Waals surface area contributed by atoms with Crippen molar-refractivity contribution in [1.82, 2.24) is 15.1 Å². The van der Waals surface area contributed by atoms with Gasteiger partial charge in [-0.3, -0.25) is 9.78 Å². The van der Waals surface area contributed by atoms with Gasteiger partial charge in [0.15, 0.2) is 0 Å². The highest BCUT2D eigenvalue weighted by Crippen LogP contribution is 2.18. The lowest BCUT2D eigenvalue weighted by Crippen LogP contribution is -2.22. The van der Waals surface area contributed by atoms with Gasteiger partial charge in [-0.25, -0.2) is 0 Å². The average Bonchev–Trinajstić information content (AvgIpc) is 2.77. The molecule has 0 unspecified atom stereocenters. The maximum absolute atomic E-state index is 11.8. The Labute approximate surface area is 105 Å². The maximum atomic E-state index is 11.8. The molecule has 0 spiro atoms. The molecule has 0 amide bonds. The fourth-order valence-electron chi connectivity index (χ4n) is 1.33. The van der Waals surface area contributed by atoms with Crippen LogP contribution in [0, 0.1) is 5.41 Å². The lowest BCUT2D eigenvalue weighted by molar-refractivity contribution is -0.125. The molecule has 0 bridgehead atoms. The third kappa shape index (κ3) is 2.80. The standard InChI is InChI=1S/C13H15N3O2/c1-13(2,3)10(17)8-11-15-12(16-18-11)9-6-4-5-7-14-9/h4-7H,8H2,1-3H3. The Morgan fingerprint density at radius 1 is 1.33 bits per heavy atom. The molecule has 0 aliphatic carbocycles. The van der Waals surface area contributed by atoms with E-state index in [0.29, 0.717) is 17.4 Å². The van der Waals surface area contributed by atoms with Crippen LogP contribution >= 0.6 is 0 Å². The van der Waals surface area contributed by atoms with E-state index >= 15 is 0 Å². The first-order valence-corrected chi connectivity index (χ1v) is 5.74. The molecule has 0 aromatic carbocycles.